The lowest BCUT2D eigenvalue weighted by atomic mass is 10.3. The number of aryl methyl sites for hydroxylation is 1. The third-order valence-electron chi connectivity index (χ3n) is 2.11. The van der Waals surface area contributed by atoms with E-state index in [0.717, 1.165) is 5.69 Å². The highest BCUT2D eigenvalue weighted by Crippen LogP contribution is 2.11. The average molecular weight is 221 g/mol. The van der Waals surface area contributed by atoms with Crippen molar-refractivity contribution in [3.05, 3.63) is 18.1 Å². The molecule has 0 saturated heterocycles. The molecule has 0 fully saturated rings. The lowest BCUT2D eigenvalue weighted by Crippen LogP contribution is -2.26. The molecule has 16 heavy (non-hydrogen) atoms. The lowest BCUT2D eigenvalue weighted by Gasteiger charge is -2.11. The highest BCUT2D eigenvalue weighted by molar-refractivity contribution is 5.76. The fourth-order valence-electron chi connectivity index (χ4n) is 1.32. The normalized spacial score (nSPS) is 12.6. The molecular formula is C9H11N5O2. The number of carbonyl (C=O) groups is 1. The summed E-state index contributed by atoms with van der Waals surface area (Å²) in [6.07, 6.45) is 1.37. The van der Waals surface area contributed by atoms with Crippen LogP contribution in [0.2, 0.25) is 0 Å². The van der Waals surface area contributed by atoms with E-state index < -0.39 is 12.0 Å². The van der Waals surface area contributed by atoms with Crippen LogP contribution in [0.5, 0.6) is 0 Å². The number of carboxylic acid groups (broad SMARTS) is 1. The Kier molecular flexibility index (Phi) is 2.43. The molecular weight excluding hydrogens is 210 g/mol. The van der Waals surface area contributed by atoms with Crippen LogP contribution >= 0.6 is 0 Å². The Morgan fingerprint density at radius 1 is 1.62 bits per heavy atom. The Hall–Kier alpha value is -2.18. The molecule has 0 aliphatic rings. The predicted octanol–water partition coefficient (Wildman–Crippen LogP) is 0.318. The van der Waals surface area contributed by atoms with Gasteiger partial charge in [0.05, 0.1) is 0 Å². The number of nitrogens with zero attached hydrogens (tertiary/aromatic N) is 4. The summed E-state index contributed by atoms with van der Waals surface area (Å²) in [7, 11) is 0. The number of anilines is 1. The summed E-state index contributed by atoms with van der Waals surface area (Å²) in [5.74, 6) is 0.0812. The van der Waals surface area contributed by atoms with Gasteiger partial charge in [0, 0.05) is 11.8 Å². The van der Waals surface area contributed by atoms with Crippen LogP contribution in [0.25, 0.3) is 5.78 Å². The zero-order valence-electron chi connectivity index (χ0n) is 8.88. The SMILES string of the molecule is Cc1cc(NC(C)C(=O)O)n2ncnc2n1. The maximum absolute atomic E-state index is 10.7. The highest BCUT2D eigenvalue weighted by atomic mass is 16.4. The molecule has 2 rings (SSSR count). The molecule has 0 bridgehead atoms. The van der Waals surface area contributed by atoms with Gasteiger partial charge in [0.15, 0.2) is 0 Å². The van der Waals surface area contributed by atoms with Crippen molar-refractivity contribution >= 4 is 17.6 Å². The number of aliphatic carboxylic acids is 1. The van der Waals surface area contributed by atoms with Crippen molar-refractivity contribution in [2.24, 2.45) is 0 Å². The van der Waals surface area contributed by atoms with Crippen molar-refractivity contribution in [3.8, 4) is 0 Å². The van der Waals surface area contributed by atoms with E-state index in [-0.39, 0.29) is 0 Å². The van der Waals surface area contributed by atoms with E-state index in [0.29, 0.717) is 11.6 Å². The van der Waals surface area contributed by atoms with E-state index in [1.807, 2.05) is 6.92 Å². The van der Waals surface area contributed by atoms with Crippen LogP contribution in [0.15, 0.2) is 12.4 Å². The van der Waals surface area contributed by atoms with Gasteiger partial charge in [0.2, 0.25) is 0 Å². The topological polar surface area (TPSA) is 92.4 Å². The van der Waals surface area contributed by atoms with Gasteiger partial charge in [-0.1, -0.05) is 0 Å². The van der Waals surface area contributed by atoms with Gasteiger partial charge in [-0.15, -0.1) is 0 Å². The van der Waals surface area contributed by atoms with Crippen LogP contribution in [0, 0.1) is 6.92 Å². The number of rotatable bonds is 3. The maximum Gasteiger partial charge on any atom is 0.325 e. The van der Waals surface area contributed by atoms with Gasteiger partial charge in [-0.25, -0.2) is 4.98 Å². The van der Waals surface area contributed by atoms with Crippen LogP contribution in [-0.4, -0.2) is 36.7 Å². The standard InChI is InChI=1S/C9H11N5O2/c1-5-3-7(13-6(2)8(15)16)14-9(12-5)10-4-11-14/h3-4,6,13H,1-2H3,(H,15,16). The second kappa shape index (κ2) is 3.76. The van der Waals surface area contributed by atoms with E-state index >= 15 is 0 Å². The fraction of sp³-hybridized carbons (Fsp3) is 0.333. The smallest absolute Gasteiger partial charge is 0.325 e. The number of carboxylic acids is 1. The van der Waals surface area contributed by atoms with Gasteiger partial charge < -0.3 is 10.4 Å². The summed E-state index contributed by atoms with van der Waals surface area (Å²) >= 11 is 0. The average Bonchev–Trinajstić information content (AvgIpc) is 2.65. The Morgan fingerprint density at radius 2 is 2.38 bits per heavy atom. The summed E-state index contributed by atoms with van der Waals surface area (Å²) < 4.78 is 1.46. The van der Waals surface area contributed by atoms with Crippen LogP contribution < -0.4 is 5.32 Å². The zero-order chi connectivity index (χ0) is 11.7. The molecule has 0 amide bonds. The Bertz CT molecular complexity index is 536. The van der Waals surface area contributed by atoms with Crippen molar-refractivity contribution < 1.29 is 9.90 Å². The molecule has 7 heteroatoms. The van der Waals surface area contributed by atoms with E-state index in [2.05, 4.69) is 20.4 Å². The van der Waals surface area contributed by atoms with Crippen LogP contribution in [0.3, 0.4) is 0 Å². The number of fused-ring (bicyclic) bond motifs is 1. The molecule has 0 aliphatic heterocycles. The summed E-state index contributed by atoms with van der Waals surface area (Å²) in [6.45, 7) is 3.37. The molecule has 0 spiro atoms. The van der Waals surface area contributed by atoms with E-state index in [4.69, 9.17) is 5.11 Å². The minimum atomic E-state index is -0.928. The van der Waals surface area contributed by atoms with Crippen LogP contribution in [0.4, 0.5) is 5.82 Å². The van der Waals surface area contributed by atoms with E-state index in [1.165, 1.54) is 10.8 Å². The quantitative estimate of drug-likeness (QED) is 0.775. The van der Waals surface area contributed by atoms with Gasteiger partial charge in [0.1, 0.15) is 18.2 Å². The molecule has 1 atom stereocenters. The van der Waals surface area contributed by atoms with Crippen molar-refractivity contribution in [2.75, 3.05) is 5.32 Å². The summed E-state index contributed by atoms with van der Waals surface area (Å²) in [5, 5.41) is 15.6. The minimum absolute atomic E-state index is 0.445. The van der Waals surface area contributed by atoms with Crippen molar-refractivity contribution in [1.29, 1.82) is 0 Å². The van der Waals surface area contributed by atoms with Gasteiger partial charge >= 0.3 is 5.97 Å². The molecule has 0 aliphatic carbocycles. The first-order valence-electron chi connectivity index (χ1n) is 4.74. The largest absolute Gasteiger partial charge is 0.480 e. The van der Waals surface area contributed by atoms with Crippen LogP contribution in [0.1, 0.15) is 12.6 Å². The van der Waals surface area contributed by atoms with Crippen LogP contribution in [-0.2, 0) is 4.79 Å². The third-order valence-corrected chi connectivity index (χ3v) is 2.11. The fourth-order valence-corrected chi connectivity index (χ4v) is 1.32. The second-order valence-corrected chi connectivity index (χ2v) is 3.46. The monoisotopic (exact) mass is 221 g/mol. The van der Waals surface area contributed by atoms with Crippen molar-refractivity contribution in [2.45, 2.75) is 19.9 Å². The zero-order valence-corrected chi connectivity index (χ0v) is 8.88. The third kappa shape index (κ3) is 1.79. The molecule has 2 aromatic rings. The Labute approximate surface area is 91.1 Å². The van der Waals surface area contributed by atoms with Gasteiger partial charge in [-0.3, -0.25) is 4.79 Å². The number of hydrogen-bond donors (Lipinski definition) is 2. The van der Waals surface area contributed by atoms with Gasteiger partial charge in [-0.05, 0) is 13.8 Å². The molecule has 84 valence electrons. The molecule has 7 nitrogen and oxygen atoms in total. The summed E-state index contributed by atoms with van der Waals surface area (Å²) in [6, 6.07) is 1.02. The first kappa shape index (κ1) is 10.3. The first-order valence-corrected chi connectivity index (χ1v) is 4.74. The Morgan fingerprint density at radius 3 is 3.06 bits per heavy atom. The van der Waals surface area contributed by atoms with E-state index in [1.54, 1.807) is 13.0 Å². The number of aromatic nitrogens is 4. The molecule has 2 N–H and O–H groups in total. The van der Waals surface area contributed by atoms with Gasteiger partial charge in [-0.2, -0.15) is 14.6 Å². The number of nitrogens with one attached hydrogen (secondary N) is 1. The second-order valence-electron chi connectivity index (χ2n) is 3.46. The molecule has 2 aromatic heterocycles. The highest BCUT2D eigenvalue weighted by Gasteiger charge is 2.13. The molecule has 1 unspecified atom stereocenters. The molecule has 2 heterocycles. The molecule has 0 radical (unpaired) electrons. The predicted molar refractivity (Wildman–Crippen MR) is 56.2 cm³/mol. The number of hydrogen-bond acceptors (Lipinski definition) is 5. The van der Waals surface area contributed by atoms with Crippen molar-refractivity contribution in [3.63, 3.8) is 0 Å². The Balaban J connectivity index is 2.42. The first-order chi connectivity index (χ1) is 7.58. The minimum Gasteiger partial charge on any atom is -0.480 e. The maximum atomic E-state index is 10.7. The summed E-state index contributed by atoms with van der Waals surface area (Å²) in [5.41, 5.74) is 0.751. The van der Waals surface area contributed by atoms with Gasteiger partial charge in [0.25, 0.3) is 5.78 Å². The molecule has 0 saturated carbocycles. The molecule has 0 aromatic carbocycles. The lowest BCUT2D eigenvalue weighted by molar-refractivity contribution is -0.137. The summed E-state index contributed by atoms with van der Waals surface area (Å²) in [4.78, 5) is 18.8. The van der Waals surface area contributed by atoms with E-state index in [9.17, 15) is 4.79 Å². The van der Waals surface area contributed by atoms with Crippen molar-refractivity contribution in [1.82, 2.24) is 19.6 Å².